The highest BCUT2D eigenvalue weighted by Crippen LogP contribution is 2.32. The molecular formula is C20H25N3O4S. The van der Waals surface area contributed by atoms with Crippen molar-refractivity contribution in [1.82, 2.24) is 9.88 Å². The molecule has 1 aromatic heterocycles. The summed E-state index contributed by atoms with van der Waals surface area (Å²) in [5, 5.41) is 6.79. The van der Waals surface area contributed by atoms with Crippen molar-refractivity contribution in [3.05, 3.63) is 41.3 Å². The Morgan fingerprint density at radius 3 is 2.57 bits per heavy atom. The summed E-state index contributed by atoms with van der Waals surface area (Å²) in [5.41, 5.74) is 1.99. The topological polar surface area (TPSA) is 101 Å². The summed E-state index contributed by atoms with van der Waals surface area (Å²) < 4.78 is 32.5. The van der Waals surface area contributed by atoms with Gasteiger partial charge in [-0.2, -0.15) is 0 Å². The van der Waals surface area contributed by atoms with E-state index in [9.17, 15) is 13.2 Å². The zero-order chi connectivity index (χ0) is 20.3. The van der Waals surface area contributed by atoms with Crippen LogP contribution in [0.4, 0.5) is 5.69 Å². The predicted molar refractivity (Wildman–Crippen MR) is 108 cm³/mol. The SMILES string of the molecule is CC[C@@H](C)NS(=O)(=O)c1ccc(/C=C\c2onc(C)c2NC(=O)C2CC2)cc1. The number of aryl methyl sites for hydroxylation is 1. The minimum atomic E-state index is -3.52. The Labute approximate surface area is 165 Å². The second-order valence-electron chi connectivity index (χ2n) is 7.10. The molecule has 3 rings (SSSR count). The van der Waals surface area contributed by atoms with Gasteiger partial charge in [0.25, 0.3) is 0 Å². The van der Waals surface area contributed by atoms with Crippen molar-refractivity contribution < 1.29 is 17.7 Å². The molecule has 1 aromatic carbocycles. The Bertz CT molecular complexity index is 973. The van der Waals surface area contributed by atoms with E-state index in [0.29, 0.717) is 17.1 Å². The number of carbonyl (C=O) groups excluding carboxylic acids is 1. The molecule has 2 N–H and O–H groups in total. The maximum absolute atomic E-state index is 12.3. The van der Waals surface area contributed by atoms with Crippen molar-refractivity contribution >= 4 is 33.8 Å². The van der Waals surface area contributed by atoms with E-state index in [2.05, 4.69) is 15.2 Å². The van der Waals surface area contributed by atoms with Gasteiger partial charge in [-0.3, -0.25) is 4.79 Å². The number of carbonyl (C=O) groups is 1. The first-order valence-electron chi connectivity index (χ1n) is 9.37. The summed E-state index contributed by atoms with van der Waals surface area (Å²) in [6.07, 6.45) is 6.05. The lowest BCUT2D eigenvalue weighted by molar-refractivity contribution is -0.117. The molecule has 0 radical (unpaired) electrons. The lowest BCUT2D eigenvalue weighted by Gasteiger charge is -2.12. The summed E-state index contributed by atoms with van der Waals surface area (Å²) in [6.45, 7) is 5.52. The van der Waals surface area contributed by atoms with Crippen LogP contribution in [-0.2, 0) is 14.8 Å². The minimum absolute atomic E-state index is 0.00989. The summed E-state index contributed by atoms with van der Waals surface area (Å²) in [6, 6.07) is 6.43. The fourth-order valence-corrected chi connectivity index (χ4v) is 3.90. The van der Waals surface area contributed by atoms with Crippen LogP contribution in [0.5, 0.6) is 0 Å². The fraction of sp³-hybridized carbons (Fsp3) is 0.400. The van der Waals surface area contributed by atoms with Gasteiger partial charge < -0.3 is 9.84 Å². The van der Waals surface area contributed by atoms with Crippen LogP contribution in [0.15, 0.2) is 33.7 Å². The molecule has 1 atom stereocenters. The third-order valence-corrected chi connectivity index (χ3v) is 6.28. The quantitative estimate of drug-likeness (QED) is 0.701. The molecule has 1 heterocycles. The van der Waals surface area contributed by atoms with Crippen LogP contribution >= 0.6 is 0 Å². The van der Waals surface area contributed by atoms with Gasteiger partial charge in [0.1, 0.15) is 11.4 Å². The zero-order valence-corrected chi connectivity index (χ0v) is 17.0. The number of hydrogen-bond acceptors (Lipinski definition) is 5. The molecule has 1 saturated carbocycles. The highest BCUT2D eigenvalue weighted by atomic mass is 32.2. The summed E-state index contributed by atoms with van der Waals surface area (Å²) in [7, 11) is -3.52. The number of aromatic nitrogens is 1. The molecule has 7 nitrogen and oxygen atoms in total. The molecule has 0 saturated heterocycles. The molecule has 150 valence electrons. The number of amides is 1. The molecule has 0 aliphatic heterocycles. The first kappa shape index (κ1) is 20.3. The number of benzene rings is 1. The minimum Gasteiger partial charge on any atom is -0.354 e. The lowest BCUT2D eigenvalue weighted by Crippen LogP contribution is -2.31. The first-order valence-corrected chi connectivity index (χ1v) is 10.9. The van der Waals surface area contributed by atoms with Crippen LogP contribution in [0.1, 0.15) is 50.1 Å². The Morgan fingerprint density at radius 1 is 1.29 bits per heavy atom. The lowest BCUT2D eigenvalue weighted by atomic mass is 10.2. The molecule has 1 amide bonds. The summed E-state index contributed by atoms with van der Waals surface area (Å²) in [4.78, 5) is 12.2. The van der Waals surface area contributed by atoms with Crippen LogP contribution in [0.25, 0.3) is 12.2 Å². The van der Waals surface area contributed by atoms with Crippen LogP contribution in [0.2, 0.25) is 0 Å². The second-order valence-corrected chi connectivity index (χ2v) is 8.82. The van der Waals surface area contributed by atoms with E-state index in [1.165, 1.54) is 0 Å². The number of nitrogens with one attached hydrogen (secondary N) is 2. The van der Waals surface area contributed by atoms with Gasteiger partial charge in [-0.1, -0.05) is 30.3 Å². The molecule has 1 aliphatic rings. The monoisotopic (exact) mass is 403 g/mol. The van der Waals surface area contributed by atoms with Gasteiger partial charge in [0, 0.05) is 12.0 Å². The summed E-state index contributed by atoms with van der Waals surface area (Å²) in [5.74, 6) is 0.538. The average Bonchev–Trinajstić information content (AvgIpc) is 3.46. The van der Waals surface area contributed by atoms with E-state index < -0.39 is 10.0 Å². The van der Waals surface area contributed by atoms with Crippen molar-refractivity contribution in [2.45, 2.75) is 51.0 Å². The fourth-order valence-electron chi connectivity index (χ4n) is 2.57. The Morgan fingerprint density at radius 2 is 1.96 bits per heavy atom. The Kier molecular flexibility index (Phi) is 6.00. The average molecular weight is 404 g/mol. The molecule has 1 fully saturated rings. The van der Waals surface area contributed by atoms with Crippen molar-refractivity contribution in [3.8, 4) is 0 Å². The maximum atomic E-state index is 12.3. The standard InChI is InChI=1S/C20H25N3O4S/c1-4-13(2)23-28(25,26)17-10-5-15(6-11-17)7-12-18-19(14(3)22-27-18)21-20(24)16-8-9-16/h5-7,10-13,16,23H,4,8-9H2,1-3H3,(H,21,24)/b12-7-/t13-/m1/s1. The molecule has 0 unspecified atom stereocenters. The molecule has 1 aliphatic carbocycles. The molecule has 2 aromatic rings. The van der Waals surface area contributed by atoms with Gasteiger partial charge in [-0.25, -0.2) is 13.1 Å². The second kappa shape index (κ2) is 8.28. The van der Waals surface area contributed by atoms with E-state index in [4.69, 9.17) is 4.52 Å². The van der Waals surface area contributed by atoms with Gasteiger partial charge in [-0.15, -0.1) is 0 Å². The number of nitrogens with zero attached hydrogens (tertiary/aromatic N) is 1. The zero-order valence-electron chi connectivity index (χ0n) is 16.2. The van der Waals surface area contributed by atoms with Gasteiger partial charge >= 0.3 is 0 Å². The molecule has 8 heteroatoms. The van der Waals surface area contributed by atoms with Gasteiger partial charge in [0.15, 0.2) is 5.76 Å². The first-order chi connectivity index (χ1) is 13.3. The predicted octanol–water partition coefficient (Wildman–Crippen LogP) is 3.58. The number of rotatable bonds is 8. The highest BCUT2D eigenvalue weighted by Gasteiger charge is 2.30. The van der Waals surface area contributed by atoms with Crippen molar-refractivity contribution in [1.29, 1.82) is 0 Å². The van der Waals surface area contributed by atoms with Crippen molar-refractivity contribution in [3.63, 3.8) is 0 Å². The van der Waals surface area contributed by atoms with Gasteiger partial charge in [0.05, 0.1) is 4.90 Å². The third-order valence-electron chi connectivity index (χ3n) is 4.67. The molecule has 28 heavy (non-hydrogen) atoms. The van der Waals surface area contributed by atoms with Gasteiger partial charge in [0.2, 0.25) is 15.9 Å². The number of sulfonamides is 1. The normalized spacial score (nSPS) is 15.7. The third kappa shape index (κ3) is 4.88. The van der Waals surface area contributed by atoms with Crippen LogP contribution in [0, 0.1) is 12.8 Å². The van der Waals surface area contributed by atoms with Crippen molar-refractivity contribution in [2.75, 3.05) is 5.32 Å². The van der Waals surface area contributed by atoms with E-state index in [0.717, 1.165) is 24.8 Å². The van der Waals surface area contributed by atoms with Crippen LogP contribution in [0.3, 0.4) is 0 Å². The van der Waals surface area contributed by atoms with Crippen molar-refractivity contribution in [2.24, 2.45) is 5.92 Å². The maximum Gasteiger partial charge on any atom is 0.240 e. The van der Waals surface area contributed by atoms with E-state index in [-0.39, 0.29) is 22.8 Å². The van der Waals surface area contributed by atoms with Gasteiger partial charge in [-0.05, 0) is 56.9 Å². The Hall–Kier alpha value is -2.45. The highest BCUT2D eigenvalue weighted by molar-refractivity contribution is 7.89. The van der Waals surface area contributed by atoms with E-state index in [1.807, 2.05) is 13.8 Å². The Balaban J connectivity index is 1.72. The molecular weight excluding hydrogens is 378 g/mol. The van der Waals surface area contributed by atoms with E-state index >= 15 is 0 Å². The number of anilines is 1. The van der Waals surface area contributed by atoms with E-state index in [1.54, 1.807) is 43.3 Å². The van der Waals surface area contributed by atoms with Crippen LogP contribution in [-0.4, -0.2) is 25.5 Å². The smallest absolute Gasteiger partial charge is 0.240 e. The van der Waals surface area contributed by atoms with Crippen LogP contribution < -0.4 is 10.0 Å². The molecule has 0 spiro atoms. The number of hydrogen-bond donors (Lipinski definition) is 2. The summed E-state index contributed by atoms with van der Waals surface area (Å²) >= 11 is 0. The largest absolute Gasteiger partial charge is 0.354 e. The molecule has 0 bridgehead atoms.